The first-order valence-electron chi connectivity index (χ1n) is 8.11. The molecule has 0 saturated carbocycles. The molecular weight excluding hydrogens is 338 g/mol. The van der Waals surface area contributed by atoms with Crippen LogP contribution in [0.4, 0.5) is 11.4 Å². The maximum absolute atomic E-state index is 12.1. The van der Waals surface area contributed by atoms with E-state index in [0.717, 1.165) is 24.1 Å². The number of hydrogen-bond donors (Lipinski definition) is 2. The fourth-order valence-corrected chi connectivity index (χ4v) is 3.00. The van der Waals surface area contributed by atoms with Crippen LogP contribution >= 0.6 is 11.6 Å². The van der Waals surface area contributed by atoms with Gasteiger partial charge in [-0.3, -0.25) is 4.79 Å². The van der Waals surface area contributed by atoms with Crippen molar-refractivity contribution < 1.29 is 9.53 Å². The number of hydrogen-bond acceptors (Lipinski definition) is 4. The third-order valence-electron chi connectivity index (χ3n) is 4.02. The highest BCUT2D eigenvalue weighted by Gasteiger charge is 2.23. The number of ether oxygens (including phenoxy) is 1. The Bertz CT molecular complexity index is 811. The Morgan fingerprint density at radius 3 is 2.92 bits per heavy atom. The van der Waals surface area contributed by atoms with Gasteiger partial charge >= 0.3 is 0 Å². The van der Waals surface area contributed by atoms with Gasteiger partial charge in [-0.2, -0.15) is 5.26 Å². The fraction of sp³-hybridized carbons (Fsp3) is 0.263. The van der Waals surface area contributed by atoms with Crippen molar-refractivity contribution in [1.29, 1.82) is 5.26 Å². The van der Waals surface area contributed by atoms with Crippen LogP contribution in [-0.4, -0.2) is 18.6 Å². The number of para-hydroxylation sites is 1. The standard InChI is InChI=1S/C19H18ClN3O2/c20-16-7-2-5-14(11-21)18(16)22-12-13-4-1-6-15(10-13)23-19(24)17-8-3-9-25-17/h1-2,4-7,10,17,22H,3,8-9,12H2,(H,23,24). The number of carbonyl (C=O) groups is 1. The molecule has 1 fully saturated rings. The number of nitriles is 1. The number of benzene rings is 2. The molecule has 2 N–H and O–H groups in total. The number of anilines is 2. The summed E-state index contributed by atoms with van der Waals surface area (Å²) < 4.78 is 5.39. The Kier molecular flexibility index (Phi) is 5.54. The van der Waals surface area contributed by atoms with Crippen LogP contribution in [0.1, 0.15) is 24.0 Å². The normalized spacial score (nSPS) is 16.2. The van der Waals surface area contributed by atoms with Crippen molar-refractivity contribution in [3.63, 3.8) is 0 Å². The summed E-state index contributed by atoms with van der Waals surface area (Å²) in [7, 11) is 0. The molecule has 3 rings (SSSR count). The highest BCUT2D eigenvalue weighted by Crippen LogP contribution is 2.26. The average molecular weight is 356 g/mol. The van der Waals surface area contributed by atoms with Gasteiger partial charge in [-0.15, -0.1) is 0 Å². The van der Waals surface area contributed by atoms with E-state index in [2.05, 4.69) is 16.7 Å². The summed E-state index contributed by atoms with van der Waals surface area (Å²) in [5, 5.41) is 15.8. The molecule has 1 amide bonds. The van der Waals surface area contributed by atoms with Crippen molar-refractivity contribution in [1.82, 2.24) is 0 Å². The van der Waals surface area contributed by atoms with Crippen LogP contribution in [-0.2, 0) is 16.1 Å². The molecule has 2 aromatic carbocycles. The Balaban J connectivity index is 1.66. The van der Waals surface area contributed by atoms with E-state index in [1.54, 1.807) is 18.2 Å². The number of carbonyl (C=O) groups excluding carboxylic acids is 1. The average Bonchev–Trinajstić information content (AvgIpc) is 3.15. The number of amides is 1. The molecule has 2 aromatic rings. The lowest BCUT2D eigenvalue weighted by atomic mass is 10.1. The van der Waals surface area contributed by atoms with Gasteiger partial charge in [-0.05, 0) is 42.7 Å². The molecule has 1 saturated heterocycles. The molecule has 0 aromatic heterocycles. The van der Waals surface area contributed by atoms with E-state index < -0.39 is 0 Å². The first kappa shape index (κ1) is 17.3. The predicted octanol–water partition coefficient (Wildman–Crippen LogP) is 3.94. The van der Waals surface area contributed by atoms with E-state index in [9.17, 15) is 10.1 Å². The number of nitrogens with zero attached hydrogens (tertiary/aromatic N) is 1. The maximum Gasteiger partial charge on any atom is 0.253 e. The second-order valence-electron chi connectivity index (χ2n) is 5.82. The van der Waals surface area contributed by atoms with Crippen LogP contribution in [0.5, 0.6) is 0 Å². The van der Waals surface area contributed by atoms with Gasteiger partial charge in [-0.1, -0.05) is 29.8 Å². The molecule has 128 valence electrons. The fourth-order valence-electron chi connectivity index (χ4n) is 2.75. The van der Waals surface area contributed by atoms with E-state index in [1.807, 2.05) is 24.3 Å². The summed E-state index contributed by atoms with van der Waals surface area (Å²) >= 11 is 6.16. The zero-order valence-electron chi connectivity index (χ0n) is 13.6. The van der Waals surface area contributed by atoms with E-state index >= 15 is 0 Å². The van der Waals surface area contributed by atoms with Gasteiger partial charge in [0, 0.05) is 18.8 Å². The van der Waals surface area contributed by atoms with Crippen LogP contribution in [0.2, 0.25) is 5.02 Å². The first-order chi connectivity index (χ1) is 12.2. The molecule has 0 aliphatic carbocycles. The van der Waals surface area contributed by atoms with Crippen LogP contribution in [0, 0.1) is 11.3 Å². The summed E-state index contributed by atoms with van der Waals surface area (Å²) in [6, 6.07) is 14.9. The minimum atomic E-state index is -0.358. The zero-order valence-corrected chi connectivity index (χ0v) is 14.3. The molecule has 25 heavy (non-hydrogen) atoms. The summed E-state index contributed by atoms with van der Waals surface area (Å²) in [5.74, 6) is -0.111. The topological polar surface area (TPSA) is 74.2 Å². The van der Waals surface area contributed by atoms with Crippen molar-refractivity contribution in [2.24, 2.45) is 0 Å². The van der Waals surface area contributed by atoms with Crippen molar-refractivity contribution in [2.45, 2.75) is 25.5 Å². The van der Waals surface area contributed by atoms with Crippen LogP contribution in [0.15, 0.2) is 42.5 Å². The van der Waals surface area contributed by atoms with Crippen LogP contribution in [0.25, 0.3) is 0 Å². The maximum atomic E-state index is 12.1. The van der Waals surface area contributed by atoms with Crippen molar-refractivity contribution in [3.05, 3.63) is 58.6 Å². The zero-order chi connectivity index (χ0) is 17.6. The van der Waals surface area contributed by atoms with E-state index in [4.69, 9.17) is 16.3 Å². The van der Waals surface area contributed by atoms with E-state index in [0.29, 0.717) is 29.4 Å². The molecule has 1 aliphatic rings. The van der Waals surface area contributed by atoms with Crippen LogP contribution in [0.3, 0.4) is 0 Å². The molecule has 6 heteroatoms. The first-order valence-corrected chi connectivity index (χ1v) is 8.49. The van der Waals surface area contributed by atoms with Gasteiger partial charge in [0.2, 0.25) is 0 Å². The highest BCUT2D eigenvalue weighted by atomic mass is 35.5. The summed E-state index contributed by atoms with van der Waals surface area (Å²) in [6.07, 6.45) is 1.32. The Hall–Kier alpha value is -2.55. The van der Waals surface area contributed by atoms with E-state index in [1.165, 1.54) is 0 Å². The van der Waals surface area contributed by atoms with Crippen molar-refractivity contribution in [2.75, 3.05) is 17.2 Å². The SMILES string of the molecule is N#Cc1cccc(Cl)c1NCc1cccc(NC(=O)C2CCCO2)c1. The summed E-state index contributed by atoms with van der Waals surface area (Å²) in [4.78, 5) is 12.1. The summed E-state index contributed by atoms with van der Waals surface area (Å²) in [5.41, 5.74) is 2.80. The molecule has 0 bridgehead atoms. The Morgan fingerprint density at radius 1 is 1.32 bits per heavy atom. The number of halogens is 1. The van der Waals surface area contributed by atoms with Crippen molar-refractivity contribution in [3.8, 4) is 6.07 Å². The van der Waals surface area contributed by atoms with Gasteiger partial charge in [0.25, 0.3) is 5.91 Å². The largest absolute Gasteiger partial charge is 0.379 e. The minimum Gasteiger partial charge on any atom is -0.379 e. The Morgan fingerprint density at radius 2 is 2.16 bits per heavy atom. The molecular formula is C19H18ClN3O2. The van der Waals surface area contributed by atoms with Gasteiger partial charge < -0.3 is 15.4 Å². The van der Waals surface area contributed by atoms with Crippen LogP contribution < -0.4 is 10.6 Å². The lowest BCUT2D eigenvalue weighted by Crippen LogP contribution is -2.26. The second kappa shape index (κ2) is 8.02. The molecule has 0 spiro atoms. The third kappa shape index (κ3) is 4.30. The molecule has 1 aliphatic heterocycles. The monoisotopic (exact) mass is 355 g/mol. The van der Waals surface area contributed by atoms with Gasteiger partial charge in [0.1, 0.15) is 12.2 Å². The minimum absolute atomic E-state index is 0.111. The molecule has 5 nitrogen and oxygen atoms in total. The highest BCUT2D eigenvalue weighted by molar-refractivity contribution is 6.33. The van der Waals surface area contributed by atoms with Gasteiger partial charge in [-0.25, -0.2) is 0 Å². The predicted molar refractivity (Wildman–Crippen MR) is 97.5 cm³/mol. The van der Waals surface area contributed by atoms with Gasteiger partial charge in [0.15, 0.2) is 0 Å². The van der Waals surface area contributed by atoms with Gasteiger partial charge in [0.05, 0.1) is 16.3 Å². The second-order valence-corrected chi connectivity index (χ2v) is 6.23. The lowest BCUT2D eigenvalue weighted by Gasteiger charge is -2.13. The number of rotatable bonds is 5. The molecule has 1 unspecified atom stereocenters. The molecule has 0 radical (unpaired) electrons. The van der Waals surface area contributed by atoms with E-state index in [-0.39, 0.29) is 12.0 Å². The smallest absolute Gasteiger partial charge is 0.253 e. The number of nitrogens with one attached hydrogen (secondary N) is 2. The third-order valence-corrected chi connectivity index (χ3v) is 4.33. The quantitative estimate of drug-likeness (QED) is 0.851. The molecule has 1 atom stereocenters. The van der Waals surface area contributed by atoms with Crippen molar-refractivity contribution >= 4 is 28.9 Å². The Labute approximate surface area is 151 Å². The molecule has 1 heterocycles. The summed E-state index contributed by atoms with van der Waals surface area (Å²) in [6.45, 7) is 1.13. The lowest BCUT2D eigenvalue weighted by molar-refractivity contribution is -0.124.